The fourth-order valence-electron chi connectivity index (χ4n) is 2.28. The van der Waals surface area contributed by atoms with E-state index in [-0.39, 0.29) is 6.04 Å². The van der Waals surface area contributed by atoms with Gasteiger partial charge in [-0.15, -0.1) is 0 Å². The molecule has 4 heteroatoms. The first-order chi connectivity index (χ1) is 7.61. The molecule has 1 fully saturated rings. The molecule has 1 aliphatic rings. The van der Waals surface area contributed by atoms with Crippen LogP contribution < -0.4 is 5.73 Å². The molecule has 2 heterocycles. The molecule has 0 saturated carbocycles. The van der Waals surface area contributed by atoms with Gasteiger partial charge < -0.3 is 15.0 Å². The molecule has 90 valence electrons. The van der Waals surface area contributed by atoms with Gasteiger partial charge in [-0.2, -0.15) is 0 Å². The van der Waals surface area contributed by atoms with Crippen LogP contribution in [0.3, 0.4) is 0 Å². The van der Waals surface area contributed by atoms with E-state index in [0.717, 1.165) is 38.3 Å². The number of nitrogens with two attached hydrogens (primary N) is 1. The summed E-state index contributed by atoms with van der Waals surface area (Å²) in [5.41, 5.74) is 7.36. The molecule has 0 aromatic carbocycles. The van der Waals surface area contributed by atoms with Crippen LogP contribution in [0.25, 0.3) is 0 Å². The normalized spacial score (nSPS) is 21.9. The van der Waals surface area contributed by atoms with Gasteiger partial charge in [0.05, 0.1) is 12.0 Å². The van der Waals surface area contributed by atoms with Crippen molar-refractivity contribution < 1.29 is 4.74 Å². The lowest BCUT2D eigenvalue weighted by Crippen LogP contribution is -2.31. The third-order valence-corrected chi connectivity index (χ3v) is 3.46. The molecule has 2 rings (SSSR count). The zero-order valence-corrected chi connectivity index (χ0v) is 10.1. The van der Waals surface area contributed by atoms with Crippen LogP contribution in [0.5, 0.6) is 0 Å². The predicted octanol–water partition coefficient (Wildman–Crippen LogP) is 1.72. The zero-order chi connectivity index (χ0) is 11.6. The van der Waals surface area contributed by atoms with E-state index in [1.165, 1.54) is 0 Å². The first kappa shape index (κ1) is 11.6. The Morgan fingerprint density at radius 1 is 1.56 bits per heavy atom. The minimum absolute atomic E-state index is 0.0472. The molecule has 1 saturated heterocycles. The topological polar surface area (TPSA) is 53.1 Å². The highest BCUT2D eigenvalue weighted by molar-refractivity contribution is 5.04. The Balaban J connectivity index is 2.10. The van der Waals surface area contributed by atoms with E-state index in [2.05, 4.69) is 16.5 Å². The Morgan fingerprint density at radius 3 is 2.88 bits per heavy atom. The highest BCUT2D eigenvalue weighted by atomic mass is 16.5. The van der Waals surface area contributed by atoms with Gasteiger partial charge in [-0.05, 0) is 25.2 Å². The second kappa shape index (κ2) is 4.55. The number of ether oxygens (including phenoxy) is 1. The Bertz CT molecular complexity index is 340. The standard InChI is InChI=1S/C12H21N3O/c1-10(13)11-7-14-9-15(11)8-12(2)3-5-16-6-4-12/h7,9-10H,3-6,8,13H2,1-2H3. The lowest BCUT2D eigenvalue weighted by atomic mass is 9.82. The van der Waals surface area contributed by atoms with Gasteiger partial charge in [-0.3, -0.25) is 0 Å². The summed E-state index contributed by atoms with van der Waals surface area (Å²) in [4.78, 5) is 4.19. The number of imidazole rings is 1. The first-order valence-electron chi connectivity index (χ1n) is 5.94. The highest BCUT2D eigenvalue weighted by Crippen LogP contribution is 2.32. The minimum Gasteiger partial charge on any atom is -0.381 e. The Morgan fingerprint density at radius 2 is 2.25 bits per heavy atom. The van der Waals surface area contributed by atoms with E-state index < -0.39 is 0 Å². The van der Waals surface area contributed by atoms with Crippen molar-refractivity contribution >= 4 is 0 Å². The van der Waals surface area contributed by atoms with Crippen LogP contribution in [0, 0.1) is 5.41 Å². The van der Waals surface area contributed by atoms with Crippen LogP contribution in [0.15, 0.2) is 12.5 Å². The van der Waals surface area contributed by atoms with Crippen molar-refractivity contribution in [1.29, 1.82) is 0 Å². The van der Waals surface area contributed by atoms with Gasteiger partial charge in [0, 0.05) is 32.0 Å². The summed E-state index contributed by atoms with van der Waals surface area (Å²) in [6.07, 6.45) is 5.99. The summed E-state index contributed by atoms with van der Waals surface area (Å²) in [5, 5.41) is 0. The quantitative estimate of drug-likeness (QED) is 0.849. The van der Waals surface area contributed by atoms with Gasteiger partial charge in [0.15, 0.2) is 0 Å². The van der Waals surface area contributed by atoms with Crippen LogP contribution in [-0.4, -0.2) is 22.8 Å². The fourth-order valence-corrected chi connectivity index (χ4v) is 2.28. The summed E-state index contributed by atoms with van der Waals surface area (Å²) in [7, 11) is 0. The maximum atomic E-state index is 5.92. The molecule has 0 radical (unpaired) electrons. The molecule has 16 heavy (non-hydrogen) atoms. The van der Waals surface area contributed by atoms with E-state index in [1.807, 2.05) is 19.4 Å². The van der Waals surface area contributed by atoms with Gasteiger partial charge in [0.25, 0.3) is 0 Å². The van der Waals surface area contributed by atoms with Gasteiger partial charge >= 0.3 is 0 Å². The number of rotatable bonds is 3. The number of hydrogen-bond acceptors (Lipinski definition) is 3. The molecule has 0 aliphatic carbocycles. The predicted molar refractivity (Wildman–Crippen MR) is 63.0 cm³/mol. The Labute approximate surface area is 96.8 Å². The Kier molecular flexibility index (Phi) is 3.30. The molecule has 1 aromatic rings. The molecule has 4 nitrogen and oxygen atoms in total. The third-order valence-electron chi connectivity index (χ3n) is 3.46. The van der Waals surface area contributed by atoms with Crippen LogP contribution in [0.2, 0.25) is 0 Å². The molecule has 1 aliphatic heterocycles. The summed E-state index contributed by atoms with van der Waals surface area (Å²) < 4.78 is 7.60. The van der Waals surface area contributed by atoms with Crippen molar-refractivity contribution in [3.63, 3.8) is 0 Å². The van der Waals surface area contributed by atoms with Crippen LogP contribution >= 0.6 is 0 Å². The van der Waals surface area contributed by atoms with Gasteiger partial charge in [-0.1, -0.05) is 6.92 Å². The largest absolute Gasteiger partial charge is 0.381 e. The molecule has 2 N–H and O–H groups in total. The second-order valence-electron chi connectivity index (χ2n) is 5.16. The fraction of sp³-hybridized carbons (Fsp3) is 0.750. The lowest BCUT2D eigenvalue weighted by molar-refractivity contribution is 0.0151. The summed E-state index contributed by atoms with van der Waals surface area (Å²) in [6.45, 7) is 7.06. The molecule has 0 spiro atoms. The van der Waals surface area contributed by atoms with Crippen LogP contribution in [-0.2, 0) is 11.3 Å². The number of nitrogens with zero attached hydrogens (tertiary/aromatic N) is 2. The second-order valence-corrected chi connectivity index (χ2v) is 5.16. The SMILES string of the molecule is CC(N)c1cncn1CC1(C)CCOCC1. The summed E-state index contributed by atoms with van der Waals surface area (Å²) in [5.74, 6) is 0. The third kappa shape index (κ3) is 2.44. The molecule has 1 aromatic heterocycles. The van der Waals surface area contributed by atoms with Gasteiger partial charge in [0.2, 0.25) is 0 Å². The van der Waals surface area contributed by atoms with Crippen molar-refractivity contribution in [2.45, 2.75) is 39.3 Å². The lowest BCUT2D eigenvalue weighted by Gasteiger charge is -2.34. The van der Waals surface area contributed by atoms with Crippen molar-refractivity contribution in [3.8, 4) is 0 Å². The van der Waals surface area contributed by atoms with E-state index in [9.17, 15) is 0 Å². The van der Waals surface area contributed by atoms with Crippen LogP contribution in [0.1, 0.15) is 38.4 Å². The van der Waals surface area contributed by atoms with Crippen LogP contribution in [0.4, 0.5) is 0 Å². The molecule has 0 amide bonds. The maximum absolute atomic E-state index is 5.92. The Hall–Kier alpha value is -0.870. The first-order valence-corrected chi connectivity index (χ1v) is 5.94. The molecular formula is C12H21N3O. The van der Waals surface area contributed by atoms with Crippen molar-refractivity contribution in [2.75, 3.05) is 13.2 Å². The zero-order valence-electron chi connectivity index (χ0n) is 10.1. The molecule has 1 atom stereocenters. The minimum atomic E-state index is 0.0472. The number of hydrogen-bond donors (Lipinski definition) is 1. The molecular weight excluding hydrogens is 202 g/mol. The van der Waals surface area contributed by atoms with Crippen molar-refractivity contribution in [1.82, 2.24) is 9.55 Å². The maximum Gasteiger partial charge on any atom is 0.0948 e. The van der Waals surface area contributed by atoms with Crippen molar-refractivity contribution in [2.24, 2.45) is 11.1 Å². The summed E-state index contributed by atoms with van der Waals surface area (Å²) >= 11 is 0. The van der Waals surface area contributed by atoms with Crippen molar-refractivity contribution in [3.05, 3.63) is 18.2 Å². The monoisotopic (exact) mass is 223 g/mol. The molecule has 1 unspecified atom stereocenters. The smallest absolute Gasteiger partial charge is 0.0948 e. The number of aromatic nitrogens is 2. The van der Waals surface area contributed by atoms with Gasteiger partial charge in [0.1, 0.15) is 0 Å². The average Bonchev–Trinajstić information content (AvgIpc) is 2.66. The highest BCUT2D eigenvalue weighted by Gasteiger charge is 2.28. The molecule has 0 bridgehead atoms. The van der Waals surface area contributed by atoms with E-state index in [4.69, 9.17) is 10.5 Å². The van der Waals surface area contributed by atoms with E-state index >= 15 is 0 Å². The summed E-state index contributed by atoms with van der Waals surface area (Å²) in [6, 6.07) is 0.0472. The average molecular weight is 223 g/mol. The van der Waals surface area contributed by atoms with Gasteiger partial charge in [-0.25, -0.2) is 4.98 Å². The van der Waals surface area contributed by atoms with E-state index in [0.29, 0.717) is 5.41 Å². The van der Waals surface area contributed by atoms with E-state index in [1.54, 1.807) is 0 Å².